The molecule has 1 aliphatic rings. The Balaban J connectivity index is 2.56. The van der Waals surface area contributed by atoms with Gasteiger partial charge in [0, 0.05) is 5.57 Å². The number of rotatable bonds is 3. The average molecular weight is 186 g/mol. The first-order valence-corrected chi connectivity index (χ1v) is 4.10. The van der Waals surface area contributed by atoms with E-state index in [-0.39, 0.29) is 12.2 Å². The predicted octanol–water partition coefficient (Wildman–Crippen LogP) is 0.254. The summed E-state index contributed by atoms with van der Waals surface area (Å²) >= 11 is 0. The first-order valence-electron chi connectivity index (χ1n) is 4.10. The van der Waals surface area contributed by atoms with Crippen molar-refractivity contribution in [2.75, 3.05) is 6.61 Å². The lowest BCUT2D eigenvalue weighted by molar-refractivity contribution is -0.148. The Morgan fingerprint density at radius 2 is 2.38 bits per heavy atom. The van der Waals surface area contributed by atoms with Crippen molar-refractivity contribution in [1.82, 2.24) is 0 Å². The molecule has 2 atom stereocenters. The number of aliphatic hydroxyl groups is 1. The fourth-order valence-electron chi connectivity index (χ4n) is 1.18. The van der Waals surface area contributed by atoms with E-state index >= 15 is 0 Å². The molecule has 0 aliphatic carbocycles. The summed E-state index contributed by atoms with van der Waals surface area (Å²) in [7, 11) is 0. The summed E-state index contributed by atoms with van der Waals surface area (Å²) in [5.74, 6) is -0.686. The van der Waals surface area contributed by atoms with Gasteiger partial charge in [0.2, 0.25) is 0 Å². The van der Waals surface area contributed by atoms with Crippen LogP contribution in [0.15, 0.2) is 12.2 Å². The standard InChI is InChI=1S/C9H14O4/c1-6(4-10)8(11)7-5-12-9(2,3)13-7/h4,7-8,11H,1,5H2,2-3H3/t7?,8-/m1/s1. The van der Waals surface area contributed by atoms with Crippen LogP contribution in [-0.4, -0.2) is 36.0 Å². The normalized spacial score (nSPS) is 28.4. The Bertz CT molecular complexity index is 222. The predicted molar refractivity (Wildman–Crippen MR) is 46.1 cm³/mol. The lowest BCUT2D eigenvalue weighted by Crippen LogP contribution is -2.32. The third-order valence-electron chi connectivity index (χ3n) is 1.91. The van der Waals surface area contributed by atoms with Crippen molar-refractivity contribution in [3.63, 3.8) is 0 Å². The van der Waals surface area contributed by atoms with E-state index in [4.69, 9.17) is 9.47 Å². The van der Waals surface area contributed by atoms with E-state index in [9.17, 15) is 9.90 Å². The Hall–Kier alpha value is -0.710. The second-order valence-electron chi connectivity index (χ2n) is 3.50. The van der Waals surface area contributed by atoms with Gasteiger partial charge >= 0.3 is 0 Å². The molecule has 0 aromatic carbocycles. The van der Waals surface area contributed by atoms with Crippen LogP contribution in [0.4, 0.5) is 0 Å². The molecule has 0 bridgehead atoms. The number of aldehydes is 1. The van der Waals surface area contributed by atoms with Gasteiger partial charge in [0.25, 0.3) is 0 Å². The maximum absolute atomic E-state index is 10.3. The van der Waals surface area contributed by atoms with Crippen molar-refractivity contribution in [1.29, 1.82) is 0 Å². The highest BCUT2D eigenvalue weighted by Crippen LogP contribution is 2.25. The zero-order valence-electron chi connectivity index (χ0n) is 7.82. The molecule has 13 heavy (non-hydrogen) atoms. The first-order chi connectivity index (χ1) is 5.96. The van der Waals surface area contributed by atoms with Crippen molar-refractivity contribution < 1.29 is 19.4 Å². The van der Waals surface area contributed by atoms with Gasteiger partial charge in [-0.15, -0.1) is 0 Å². The largest absolute Gasteiger partial charge is 0.385 e. The minimum absolute atomic E-state index is 0.117. The smallest absolute Gasteiger partial charge is 0.163 e. The number of ether oxygens (including phenoxy) is 2. The molecule has 1 heterocycles. The number of carbonyl (C=O) groups excluding carboxylic acids is 1. The van der Waals surface area contributed by atoms with E-state index in [1.54, 1.807) is 13.8 Å². The molecule has 4 heteroatoms. The molecule has 0 spiro atoms. The van der Waals surface area contributed by atoms with Crippen LogP contribution in [0.2, 0.25) is 0 Å². The molecule has 1 N–H and O–H groups in total. The zero-order chi connectivity index (χ0) is 10.1. The third-order valence-corrected chi connectivity index (χ3v) is 1.91. The minimum atomic E-state index is -0.973. The van der Waals surface area contributed by atoms with E-state index in [1.165, 1.54) is 0 Å². The first kappa shape index (κ1) is 10.4. The zero-order valence-corrected chi connectivity index (χ0v) is 7.82. The van der Waals surface area contributed by atoms with Crippen LogP contribution in [0.5, 0.6) is 0 Å². The Morgan fingerprint density at radius 3 is 2.77 bits per heavy atom. The lowest BCUT2D eigenvalue weighted by Gasteiger charge is -2.19. The van der Waals surface area contributed by atoms with Crippen LogP contribution in [0.3, 0.4) is 0 Å². The van der Waals surface area contributed by atoms with Gasteiger partial charge in [-0.25, -0.2) is 0 Å². The van der Waals surface area contributed by atoms with E-state index < -0.39 is 18.0 Å². The number of hydrogen-bond acceptors (Lipinski definition) is 4. The summed E-state index contributed by atoms with van der Waals surface area (Å²) in [6.45, 7) is 7.20. The average Bonchev–Trinajstić information content (AvgIpc) is 2.43. The van der Waals surface area contributed by atoms with Crippen molar-refractivity contribution in [2.45, 2.75) is 31.8 Å². The highest BCUT2D eigenvalue weighted by atomic mass is 16.7. The second kappa shape index (κ2) is 3.57. The highest BCUT2D eigenvalue weighted by Gasteiger charge is 2.37. The lowest BCUT2D eigenvalue weighted by atomic mass is 10.1. The summed E-state index contributed by atoms with van der Waals surface area (Å²) in [5.41, 5.74) is 0.117. The van der Waals surface area contributed by atoms with Gasteiger partial charge in [-0.05, 0) is 13.8 Å². The topological polar surface area (TPSA) is 55.8 Å². The van der Waals surface area contributed by atoms with Gasteiger partial charge in [0.15, 0.2) is 5.79 Å². The Labute approximate surface area is 77.1 Å². The fourth-order valence-corrected chi connectivity index (χ4v) is 1.18. The van der Waals surface area contributed by atoms with Crippen LogP contribution in [0, 0.1) is 0 Å². The van der Waals surface area contributed by atoms with Crippen molar-refractivity contribution in [3.05, 3.63) is 12.2 Å². The van der Waals surface area contributed by atoms with Crippen molar-refractivity contribution >= 4 is 6.29 Å². The van der Waals surface area contributed by atoms with E-state index in [0.29, 0.717) is 6.29 Å². The molecule has 74 valence electrons. The molecule has 0 aromatic rings. The molecule has 4 nitrogen and oxygen atoms in total. The molecule has 1 aliphatic heterocycles. The Kier molecular flexibility index (Phi) is 2.85. The van der Waals surface area contributed by atoms with Crippen LogP contribution in [-0.2, 0) is 14.3 Å². The quantitative estimate of drug-likeness (QED) is 0.507. The number of carbonyl (C=O) groups is 1. The summed E-state index contributed by atoms with van der Waals surface area (Å²) in [6, 6.07) is 0. The van der Waals surface area contributed by atoms with Gasteiger partial charge < -0.3 is 14.6 Å². The van der Waals surface area contributed by atoms with Crippen molar-refractivity contribution in [3.8, 4) is 0 Å². The maximum atomic E-state index is 10.3. The van der Waals surface area contributed by atoms with Crippen LogP contribution >= 0.6 is 0 Å². The monoisotopic (exact) mass is 186 g/mol. The molecular formula is C9H14O4. The van der Waals surface area contributed by atoms with Gasteiger partial charge in [0.05, 0.1) is 6.61 Å². The summed E-state index contributed by atoms with van der Waals surface area (Å²) in [4.78, 5) is 10.3. The number of hydrogen-bond donors (Lipinski definition) is 1. The Morgan fingerprint density at radius 1 is 1.77 bits per heavy atom. The van der Waals surface area contributed by atoms with Gasteiger partial charge in [-0.2, -0.15) is 0 Å². The van der Waals surface area contributed by atoms with E-state index in [1.807, 2.05) is 0 Å². The van der Waals surface area contributed by atoms with Gasteiger partial charge in [0.1, 0.15) is 18.5 Å². The molecule has 1 unspecified atom stereocenters. The maximum Gasteiger partial charge on any atom is 0.163 e. The minimum Gasteiger partial charge on any atom is -0.385 e. The fraction of sp³-hybridized carbons (Fsp3) is 0.667. The molecule has 1 fully saturated rings. The van der Waals surface area contributed by atoms with Crippen LogP contribution in [0.1, 0.15) is 13.8 Å². The second-order valence-corrected chi connectivity index (χ2v) is 3.50. The molecule has 1 saturated heterocycles. The van der Waals surface area contributed by atoms with Crippen LogP contribution < -0.4 is 0 Å². The summed E-state index contributed by atoms with van der Waals surface area (Å²) in [6.07, 6.45) is -0.939. The number of aliphatic hydroxyl groups excluding tert-OH is 1. The SMILES string of the molecule is C=C(C=O)[C@@H](O)C1COC(C)(C)O1. The molecule has 1 rings (SSSR count). The summed E-state index contributed by atoms with van der Waals surface area (Å²) in [5, 5.41) is 9.51. The van der Waals surface area contributed by atoms with E-state index in [2.05, 4.69) is 6.58 Å². The molecule has 0 radical (unpaired) electrons. The molecule has 0 saturated carbocycles. The van der Waals surface area contributed by atoms with E-state index in [0.717, 1.165) is 0 Å². The summed E-state index contributed by atoms with van der Waals surface area (Å²) < 4.78 is 10.6. The highest BCUT2D eigenvalue weighted by molar-refractivity contribution is 5.73. The van der Waals surface area contributed by atoms with Gasteiger partial charge in [-0.3, -0.25) is 4.79 Å². The van der Waals surface area contributed by atoms with Crippen LogP contribution in [0.25, 0.3) is 0 Å². The molecule has 0 amide bonds. The third kappa shape index (κ3) is 2.37. The van der Waals surface area contributed by atoms with Crippen molar-refractivity contribution in [2.24, 2.45) is 0 Å². The molecular weight excluding hydrogens is 172 g/mol. The van der Waals surface area contributed by atoms with Gasteiger partial charge in [-0.1, -0.05) is 6.58 Å². The molecule has 0 aromatic heterocycles.